The molecule has 2 aromatic rings. The van der Waals surface area contributed by atoms with Crippen molar-refractivity contribution in [1.82, 2.24) is 10.2 Å². The predicted octanol–water partition coefficient (Wildman–Crippen LogP) is 8.17. The Hall–Kier alpha value is -3.51. The van der Waals surface area contributed by atoms with Gasteiger partial charge in [0.05, 0.1) is 12.7 Å². The van der Waals surface area contributed by atoms with Crippen molar-refractivity contribution in [1.29, 1.82) is 0 Å². The normalized spacial score (nSPS) is 18.7. The average Bonchev–Trinajstić information content (AvgIpc) is 3.54. The SMILES string of the molecule is C#C.C1CCC1.CNC1CCC(c2ccc(C)cc2)CC1.COC=O.O=C(Nc1ccc(C(F)(F)F)cc1)N1CCCC1. The van der Waals surface area contributed by atoms with Crippen LogP contribution in [0, 0.1) is 19.8 Å². The first-order valence-corrected chi connectivity index (χ1v) is 14.9. The van der Waals surface area contributed by atoms with Crippen LogP contribution in [0.5, 0.6) is 0 Å². The Morgan fingerprint density at radius 3 is 1.77 bits per heavy atom. The Labute approximate surface area is 255 Å². The molecule has 9 heteroatoms. The third-order valence-corrected chi connectivity index (χ3v) is 7.64. The van der Waals surface area contributed by atoms with Gasteiger partial charge in [-0.3, -0.25) is 4.79 Å². The summed E-state index contributed by atoms with van der Waals surface area (Å²) >= 11 is 0. The predicted molar refractivity (Wildman–Crippen MR) is 168 cm³/mol. The maximum absolute atomic E-state index is 12.3. The van der Waals surface area contributed by atoms with Gasteiger partial charge in [-0.25, -0.2) is 4.79 Å². The monoisotopic (exact) mass is 603 g/mol. The lowest BCUT2D eigenvalue weighted by Crippen LogP contribution is -2.32. The van der Waals surface area contributed by atoms with Crippen LogP contribution in [0.3, 0.4) is 0 Å². The van der Waals surface area contributed by atoms with E-state index in [-0.39, 0.29) is 6.03 Å². The number of urea groups is 1. The minimum Gasteiger partial charge on any atom is -0.471 e. The highest BCUT2D eigenvalue weighted by molar-refractivity contribution is 5.89. The molecule has 0 bridgehead atoms. The van der Waals surface area contributed by atoms with Gasteiger partial charge in [0.15, 0.2) is 0 Å². The third-order valence-electron chi connectivity index (χ3n) is 7.64. The fraction of sp³-hybridized carbons (Fsp3) is 0.529. The number of carbonyl (C=O) groups excluding carboxylic acids is 2. The van der Waals surface area contributed by atoms with Crippen LogP contribution in [0.25, 0.3) is 0 Å². The summed E-state index contributed by atoms with van der Waals surface area (Å²) < 4.78 is 40.9. The van der Waals surface area contributed by atoms with E-state index in [1.165, 1.54) is 81.7 Å². The number of rotatable bonds is 4. The van der Waals surface area contributed by atoms with Crippen LogP contribution < -0.4 is 10.6 Å². The number of aryl methyl sites for hydroxylation is 1. The number of likely N-dealkylation sites (tertiary alicyclic amines) is 1. The number of ether oxygens (including phenoxy) is 1. The summed E-state index contributed by atoms with van der Waals surface area (Å²) in [5, 5.41) is 5.97. The molecule has 2 N–H and O–H groups in total. The Kier molecular flexibility index (Phi) is 18.5. The number of nitrogens with zero attached hydrogens (tertiary/aromatic N) is 1. The molecule has 43 heavy (non-hydrogen) atoms. The highest BCUT2D eigenvalue weighted by Gasteiger charge is 2.30. The minimum absolute atomic E-state index is 0.257. The van der Waals surface area contributed by atoms with E-state index in [0.29, 0.717) is 25.2 Å². The molecule has 1 saturated heterocycles. The number of anilines is 1. The lowest BCUT2D eigenvalue weighted by atomic mass is 9.81. The number of amides is 2. The zero-order chi connectivity index (χ0) is 32.1. The molecule has 0 aromatic heterocycles. The quantitative estimate of drug-likeness (QED) is 0.273. The topological polar surface area (TPSA) is 70.7 Å². The maximum atomic E-state index is 12.3. The Balaban J connectivity index is 0.000000330. The van der Waals surface area contributed by atoms with Crippen LogP contribution in [-0.2, 0) is 15.7 Å². The van der Waals surface area contributed by atoms with Crippen molar-refractivity contribution in [2.75, 3.05) is 32.6 Å². The van der Waals surface area contributed by atoms with Crippen molar-refractivity contribution in [3.8, 4) is 12.8 Å². The van der Waals surface area contributed by atoms with E-state index in [2.05, 4.69) is 66.5 Å². The van der Waals surface area contributed by atoms with Crippen LogP contribution >= 0.6 is 0 Å². The molecule has 1 aliphatic heterocycles. The number of hydrogen-bond acceptors (Lipinski definition) is 4. The summed E-state index contributed by atoms with van der Waals surface area (Å²) in [4.78, 5) is 22.3. The summed E-state index contributed by atoms with van der Waals surface area (Å²) in [7, 11) is 3.39. The molecule has 0 unspecified atom stereocenters. The molecule has 0 atom stereocenters. The number of benzene rings is 2. The van der Waals surface area contributed by atoms with Crippen molar-refractivity contribution < 1.29 is 27.5 Å². The van der Waals surface area contributed by atoms with Crippen molar-refractivity contribution in [2.24, 2.45) is 0 Å². The van der Waals surface area contributed by atoms with E-state index in [1.54, 1.807) is 4.90 Å². The Morgan fingerprint density at radius 2 is 1.37 bits per heavy atom. The average molecular weight is 604 g/mol. The number of terminal acetylenes is 1. The van der Waals surface area contributed by atoms with Crippen molar-refractivity contribution in [3.05, 3.63) is 65.2 Å². The first kappa shape index (κ1) is 37.5. The highest BCUT2D eigenvalue weighted by atomic mass is 19.4. The maximum Gasteiger partial charge on any atom is 0.416 e. The zero-order valence-corrected chi connectivity index (χ0v) is 25.8. The first-order valence-electron chi connectivity index (χ1n) is 14.9. The molecule has 1 heterocycles. The van der Waals surface area contributed by atoms with Gasteiger partial charge in [-0.2, -0.15) is 13.2 Å². The molecule has 238 valence electrons. The standard InChI is InChI=1S/C14H21N.C12H13F3N2O.C4H8.C2H4O2.C2H2/c1-11-3-5-12(6-4-11)13-7-9-14(15-2)10-8-13;13-12(14,15)9-3-5-10(6-4-9)16-11(18)17-7-1-2-8-17;1-2-4-3-1;1-4-2-3;1-2/h3-6,13-15H,7-10H2,1-2H3;3-6H,1-2,7-8H2,(H,16,18);1-4H2;2H,1H3;1-2H. The zero-order valence-electron chi connectivity index (χ0n) is 25.8. The smallest absolute Gasteiger partial charge is 0.416 e. The molecule has 2 aliphatic carbocycles. The second-order valence-electron chi connectivity index (χ2n) is 10.7. The van der Waals surface area contributed by atoms with Gasteiger partial charge in [0, 0.05) is 24.8 Å². The van der Waals surface area contributed by atoms with E-state index in [4.69, 9.17) is 4.79 Å². The summed E-state index contributed by atoms with van der Waals surface area (Å²) in [5.41, 5.74) is 2.55. The molecular weight excluding hydrogens is 555 g/mol. The molecule has 5 rings (SSSR count). The lowest BCUT2D eigenvalue weighted by Gasteiger charge is -2.28. The fourth-order valence-corrected chi connectivity index (χ4v) is 4.67. The Bertz CT molecular complexity index is 1030. The van der Waals surface area contributed by atoms with E-state index >= 15 is 0 Å². The van der Waals surface area contributed by atoms with Gasteiger partial charge in [0.2, 0.25) is 0 Å². The van der Waals surface area contributed by atoms with Crippen LogP contribution in [-0.4, -0.2) is 50.7 Å². The molecular formula is C34H48F3N3O3. The number of carbonyl (C=O) groups is 2. The summed E-state index contributed by atoms with van der Waals surface area (Å²) in [6.07, 6.45) is 16.9. The number of hydrogen-bond donors (Lipinski definition) is 2. The van der Waals surface area contributed by atoms with Crippen LogP contribution in [0.1, 0.15) is 86.8 Å². The molecule has 3 aliphatic rings. The number of methoxy groups -OCH3 is 1. The minimum atomic E-state index is -4.35. The third kappa shape index (κ3) is 15.0. The second-order valence-corrected chi connectivity index (χ2v) is 10.7. The Morgan fingerprint density at radius 1 is 0.884 bits per heavy atom. The summed E-state index contributed by atoms with van der Waals surface area (Å²) in [6, 6.07) is 14.0. The second kappa shape index (κ2) is 21.2. The van der Waals surface area contributed by atoms with Crippen molar-refractivity contribution in [3.63, 3.8) is 0 Å². The van der Waals surface area contributed by atoms with Gasteiger partial charge in [-0.15, -0.1) is 12.8 Å². The largest absolute Gasteiger partial charge is 0.471 e. The van der Waals surface area contributed by atoms with Gasteiger partial charge >= 0.3 is 12.2 Å². The molecule has 2 saturated carbocycles. The van der Waals surface area contributed by atoms with Crippen LogP contribution in [0.4, 0.5) is 23.7 Å². The lowest BCUT2D eigenvalue weighted by molar-refractivity contribution is -0.137. The van der Waals surface area contributed by atoms with Crippen LogP contribution in [0.15, 0.2) is 48.5 Å². The number of alkyl halides is 3. The van der Waals surface area contributed by atoms with Crippen LogP contribution in [0.2, 0.25) is 0 Å². The number of nitrogens with one attached hydrogen (secondary N) is 2. The van der Waals surface area contributed by atoms with E-state index < -0.39 is 11.7 Å². The summed E-state index contributed by atoms with van der Waals surface area (Å²) in [5.74, 6) is 0.801. The molecule has 6 nitrogen and oxygen atoms in total. The number of halogens is 3. The van der Waals surface area contributed by atoms with Gasteiger partial charge in [0.25, 0.3) is 6.47 Å². The molecule has 3 fully saturated rings. The van der Waals surface area contributed by atoms with E-state index in [1.807, 2.05) is 0 Å². The molecule has 2 amide bonds. The molecule has 0 radical (unpaired) electrons. The van der Waals surface area contributed by atoms with Crippen molar-refractivity contribution in [2.45, 2.75) is 89.3 Å². The van der Waals surface area contributed by atoms with Crippen molar-refractivity contribution >= 4 is 18.2 Å². The van der Waals surface area contributed by atoms with E-state index in [0.717, 1.165) is 36.9 Å². The van der Waals surface area contributed by atoms with Gasteiger partial charge in [-0.1, -0.05) is 55.5 Å². The molecule has 0 spiro atoms. The molecule has 2 aromatic carbocycles. The van der Waals surface area contributed by atoms with E-state index in [9.17, 15) is 18.0 Å². The first-order chi connectivity index (χ1) is 20.7. The van der Waals surface area contributed by atoms with Gasteiger partial charge < -0.3 is 20.3 Å². The fourth-order valence-electron chi connectivity index (χ4n) is 4.67. The van der Waals surface area contributed by atoms with Gasteiger partial charge in [-0.05, 0) is 88.2 Å². The summed E-state index contributed by atoms with van der Waals surface area (Å²) in [6.45, 7) is 3.93. The highest BCUT2D eigenvalue weighted by Crippen LogP contribution is 2.33. The van der Waals surface area contributed by atoms with Gasteiger partial charge in [0.1, 0.15) is 0 Å².